The summed E-state index contributed by atoms with van der Waals surface area (Å²) < 4.78 is 5.75. The van der Waals surface area contributed by atoms with Crippen molar-refractivity contribution in [1.82, 2.24) is 0 Å². The Hall–Kier alpha value is -2.64. The van der Waals surface area contributed by atoms with E-state index in [1.165, 1.54) is 46.2 Å². The van der Waals surface area contributed by atoms with E-state index in [4.69, 9.17) is 4.74 Å². The van der Waals surface area contributed by atoms with Gasteiger partial charge in [0, 0.05) is 6.61 Å². The molecule has 0 amide bonds. The fourth-order valence-electron chi connectivity index (χ4n) is 3.29. The lowest BCUT2D eigenvalue weighted by atomic mass is 9.99. The first kappa shape index (κ1) is 20.1. The largest absolute Gasteiger partial charge is 0.377 e. The molecule has 3 aromatic carbocycles. The predicted molar refractivity (Wildman–Crippen MR) is 120 cm³/mol. The number of unbranched alkanes of at least 4 members (excludes halogenated alkanes) is 2. The summed E-state index contributed by atoms with van der Waals surface area (Å²) in [7, 11) is 0. The predicted octanol–water partition coefficient (Wildman–Crippen LogP) is 7.46. The zero-order chi connectivity index (χ0) is 19.6. The van der Waals surface area contributed by atoms with Crippen molar-refractivity contribution in [2.24, 2.45) is 0 Å². The van der Waals surface area contributed by atoms with Crippen LogP contribution < -0.4 is 0 Å². The number of rotatable bonds is 10. The fourth-order valence-corrected chi connectivity index (χ4v) is 3.29. The van der Waals surface area contributed by atoms with E-state index in [1.807, 2.05) is 6.08 Å². The van der Waals surface area contributed by atoms with E-state index in [2.05, 4.69) is 86.3 Å². The van der Waals surface area contributed by atoms with E-state index in [9.17, 15) is 0 Å². The van der Waals surface area contributed by atoms with Gasteiger partial charge in [-0.1, -0.05) is 98.6 Å². The van der Waals surface area contributed by atoms with Crippen molar-refractivity contribution in [3.63, 3.8) is 0 Å². The molecule has 1 nitrogen and oxygen atoms in total. The smallest absolute Gasteiger partial charge is 0.0716 e. The second-order valence-electron chi connectivity index (χ2n) is 7.22. The Morgan fingerprint density at radius 3 is 1.61 bits per heavy atom. The highest BCUT2D eigenvalue weighted by Crippen LogP contribution is 2.25. The van der Waals surface area contributed by atoms with Gasteiger partial charge in [-0.15, -0.1) is 6.58 Å². The standard InChI is InChI=1S/C27H30O/c1-3-5-6-20-28-21-23-10-14-25(15-11-23)27-18-16-26(17-19-27)24-12-8-22(7-4-2)9-13-24/h4,8-19H,2-3,5-7,20-21H2,1H3. The highest BCUT2D eigenvalue weighted by atomic mass is 16.5. The van der Waals surface area contributed by atoms with Gasteiger partial charge < -0.3 is 4.74 Å². The van der Waals surface area contributed by atoms with Gasteiger partial charge in [-0.2, -0.15) is 0 Å². The molecule has 0 aromatic heterocycles. The second kappa shape index (κ2) is 10.6. The maximum atomic E-state index is 5.75. The minimum Gasteiger partial charge on any atom is -0.377 e. The lowest BCUT2D eigenvalue weighted by Gasteiger charge is -2.08. The van der Waals surface area contributed by atoms with E-state index in [1.54, 1.807) is 0 Å². The third-order valence-electron chi connectivity index (χ3n) is 5.00. The van der Waals surface area contributed by atoms with E-state index < -0.39 is 0 Å². The minimum absolute atomic E-state index is 0.699. The van der Waals surface area contributed by atoms with Gasteiger partial charge in [-0.25, -0.2) is 0 Å². The SMILES string of the molecule is C=CCc1ccc(-c2ccc(-c3ccc(COCCCCC)cc3)cc2)cc1. The summed E-state index contributed by atoms with van der Waals surface area (Å²) in [4.78, 5) is 0. The van der Waals surface area contributed by atoms with Crippen LogP contribution in [-0.4, -0.2) is 6.61 Å². The Morgan fingerprint density at radius 2 is 1.14 bits per heavy atom. The number of hydrogen-bond donors (Lipinski definition) is 0. The molecule has 0 aliphatic rings. The van der Waals surface area contributed by atoms with Crippen LogP contribution in [0.5, 0.6) is 0 Å². The van der Waals surface area contributed by atoms with E-state index in [0.29, 0.717) is 6.61 Å². The van der Waals surface area contributed by atoms with Crippen molar-refractivity contribution in [1.29, 1.82) is 0 Å². The lowest BCUT2D eigenvalue weighted by molar-refractivity contribution is 0.117. The Bertz CT molecular complexity index is 842. The molecule has 0 saturated carbocycles. The Labute approximate surface area is 169 Å². The van der Waals surface area contributed by atoms with Crippen LogP contribution in [-0.2, 0) is 17.8 Å². The van der Waals surface area contributed by atoms with Crippen LogP contribution in [0.4, 0.5) is 0 Å². The molecular formula is C27H30O. The topological polar surface area (TPSA) is 9.23 Å². The number of ether oxygens (including phenoxy) is 1. The summed E-state index contributed by atoms with van der Waals surface area (Å²) in [6, 6.07) is 26.2. The monoisotopic (exact) mass is 370 g/mol. The average molecular weight is 371 g/mol. The molecule has 0 aliphatic heterocycles. The Kier molecular flexibility index (Phi) is 7.63. The molecule has 3 aromatic rings. The third kappa shape index (κ3) is 5.68. The summed E-state index contributed by atoms with van der Waals surface area (Å²) in [6.07, 6.45) is 6.48. The first-order valence-electron chi connectivity index (χ1n) is 10.3. The quantitative estimate of drug-likeness (QED) is 0.266. The normalized spacial score (nSPS) is 10.8. The summed E-state index contributed by atoms with van der Waals surface area (Å²) >= 11 is 0. The Morgan fingerprint density at radius 1 is 0.679 bits per heavy atom. The van der Waals surface area contributed by atoms with Gasteiger partial charge in [0.05, 0.1) is 6.61 Å². The molecule has 1 heteroatoms. The molecule has 28 heavy (non-hydrogen) atoms. The molecule has 144 valence electrons. The molecule has 0 fully saturated rings. The van der Waals surface area contributed by atoms with Crippen LogP contribution in [0.1, 0.15) is 37.3 Å². The van der Waals surface area contributed by atoms with Crippen LogP contribution in [0.3, 0.4) is 0 Å². The number of hydrogen-bond acceptors (Lipinski definition) is 1. The number of benzene rings is 3. The third-order valence-corrected chi connectivity index (χ3v) is 5.00. The lowest BCUT2D eigenvalue weighted by Crippen LogP contribution is -1.95. The van der Waals surface area contributed by atoms with Gasteiger partial charge >= 0.3 is 0 Å². The minimum atomic E-state index is 0.699. The van der Waals surface area contributed by atoms with Gasteiger partial charge in [-0.3, -0.25) is 0 Å². The van der Waals surface area contributed by atoms with Crippen LogP contribution in [0.25, 0.3) is 22.3 Å². The molecule has 3 rings (SSSR count). The second-order valence-corrected chi connectivity index (χ2v) is 7.22. The maximum Gasteiger partial charge on any atom is 0.0716 e. The van der Waals surface area contributed by atoms with E-state index in [0.717, 1.165) is 19.4 Å². The summed E-state index contributed by atoms with van der Waals surface area (Å²) in [6.45, 7) is 7.56. The van der Waals surface area contributed by atoms with Gasteiger partial charge in [0.1, 0.15) is 0 Å². The van der Waals surface area contributed by atoms with Gasteiger partial charge in [-0.05, 0) is 46.2 Å². The van der Waals surface area contributed by atoms with Crippen molar-refractivity contribution >= 4 is 0 Å². The molecule has 0 radical (unpaired) electrons. The summed E-state index contributed by atoms with van der Waals surface area (Å²) in [5.74, 6) is 0. The molecule has 0 N–H and O–H groups in total. The van der Waals surface area contributed by atoms with Crippen LogP contribution >= 0.6 is 0 Å². The first-order valence-corrected chi connectivity index (χ1v) is 10.3. The van der Waals surface area contributed by atoms with Gasteiger partial charge in [0.2, 0.25) is 0 Å². The first-order chi connectivity index (χ1) is 13.8. The molecule has 0 spiro atoms. The molecular weight excluding hydrogens is 340 g/mol. The molecule has 0 heterocycles. The molecule has 0 unspecified atom stereocenters. The number of allylic oxidation sites excluding steroid dienone is 1. The van der Waals surface area contributed by atoms with Crippen LogP contribution in [0.15, 0.2) is 85.5 Å². The van der Waals surface area contributed by atoms with Crippen molar-refractivity contribution in [3.8, 4) is 22.3 Å². The van der Waals surface area contributed by atoms with Crippen molar-refractivity contribution in [3.05, 3.63) is 96.6 Å². The van der Waals surface area contributed by atoms with Crippen molar-refractivity contribution < 1.29 is 4.74 Å². The zero-order valence-corrected chi connectivity index (χ0v) is 16.9. The van der Waals surface area contributed by atoms with Crippen LogP contribution in [0.2, 0.25) is 0 Å². The highest BCUT2D eigenvalue weighted by Gasteiger charge is 2.02. The highest BCUT2D eigenvalue weighted by molar-refractivity contribution is 5.70. The summed E-state index contributed by atoms with van der Waals surface area (Å²) in [5, 5.41) is 0. The molecule has 0 saturated heterocycles. The molecule has 0 bridgehead atoms. The fraction of sp³-hybridized carbons (Fsp3) is 0.259. The van der Waals surface area contributed by atoms with Gasteiger partial charge in [0.25, 0.3) is 0 Å². The summed E-state index contributed by atoms with van der Waals surface area (Å²) in [5.41, 5.74) is 7.49. The van der Waals surface area contributed by atoms with Crippen molar-refractivity contribution in [2.75, 3.05) is 6.61 Å². The maximum absolute atomic E-state index is 5.75. The van der Waals surface area contributed by atoms with Crippen molar-refractivity contribution in [2.45, 2.75) is 39.2 Å². The Balaban J connectivity index is 1.60. The average Bonchev–Trinajstić information content (AvgIpc) is 2.75. The van der Waals surface area contributed by atoms with E-state index in [-0.39, 0.29) is 0 Å². The van der Waals surface area contributed by atoms with Crippen LogP contribution in [0, 0.1) is 0 Å². The zero-order valence-electron chi connectivity index (χ0n) is 16.9. The van der Waals surface area contributed by atoms with Gasteiger partial charge in [0.15, 0.2) is 0 Å². The molecule has 0 atom stereocenters. The van der Waals surface area contributed by atoms with E-state index >= 15 is 0 Å². The molecule has 0 aliphatic carbocycles.